The molecule has 1 aromatic rings. The van der Waals surface area contributed by atoms with E-state index in [1.165, 1.54) is 6.07 Å². The van der Waals surface area contributed by atoms with Crippen molar-refractivity contribution in [1.29, 1.82) is 0 Å². The molecule has 1 unspecified atom stereocenters. The third-order valence-electron chi connectivity index (χ3n) is 6.94. The van der Waals surface area contributed by atoms with Gasteiger partial charge < -0.3 is 15.5 Å². The largest absolute Gasteiger partial charge is 0.375 e. The molecule has 2 fully saturated rings. The van der Waals surface area contributed by atoms with E-state index < -0.39 is 29.7 Å². The van der Waals surface area contributed by atoms with Crippen LogP contribution in [-0.2, 0) is 19.2 Å². The predicted octanol–water partition coefficient (Wildman–Crippen LogP) is -0.440. The van der Waals surface area contributed by atoms with Crippen molar-refractivity contribution in [3.8, 4) is 0 Å². The summed E-state index contributed by atoms with van der Waals surface area (Å²) in [6, 6.07) is 3.69. The van der Waals surface area contributed by atoms with Crippen molar-refractivity contribution in [2.45, 2.75) is 38.1 Å². The van der Waals surface area contributed by atoms with E-state index >= 15 is 0 Å². The fourth-order valence-electron chi connectivity index (χ4n) is 4.86. The van der Waals surface area contributed by atoms with Crippen molar-refractivity contribution in [3.63, 3.8) is 0 Å². The fraction of sp³-hybridized carbons (Fsp3) is 0.520. The number of nitrogens with one attached hydrogen (secondary N) is 3. The molecular weight excluding hydrogens is 480 g/mol. The minimum atomic E-state index is -1.04. The van der Waals surface area contributed by atoms with Crippen LogP contribution in [0.5, 0.6) is 0 Å². The number of anilines is 1. The van der Waals surface area contributed by atoms with Crippen LogP contribution in [-0.4, -0.2) is 103 Å². The normalized spacial score (nSPS) is 20.1. The van der Waals surface area contributed by atoms with E-state index in [1.807, 2.05) is 0 Å². The molecule has 12 heteroatoms. The lowest BCUT2D eigenvalue weighted by atomic mass is 10.0. The van der Waals surface area contributed by atoms with Gasteiger partial charge in [-0.15, -0.1) is 0 Å². The molecular formula is C25H32N6O6. The Balaban J connectivity index is 1.20. The number of hydrogen-bond donors (Lipinski definition) is 3. The molecule has 3 heterocycles. The summed E-state index contributed by atoms with van der Waals surface area (Å²) in [6.45, 7) is 4.76. The fourth-order valence-corrected chi connectivity index (χ4v) is 4.86. The monoisotopic (exact) mass is 512 g/mol. The standard InChI is InChI=1S/C25H32N6O6/c32-16-30-13-11-29(12-14-30)10-3-1-2-9-26-21(34)15-27-18-6-4-5-17-22(18)25(37)31(24(17)36)19-7-8-20(33)28-23(19)35/h4-6,16,19,27H,1-3,7-15H2,(H,26,34)(H,28,33,35). The number of carbonyl (C=O) groups is 6. The number of amides is 6. The molecule has 0 aromatic heterocycles. The first-order chi connectivity index (χ1) is 17.9. The molecule has 4 rings (SSSR count). The Morgan fingerprint density at radius 1 is 1.03 bits per heavy atom. The summed E-state index contributed by atoms with van der Waals surface area (Å²) in [5.41, 5.74) is 0.627. The van der Waals surface area contributed by atoms with Crippen LogP contribution in [0.1, 0.15) is 52.8 Å². The molecule has 3 aliphatic heterocycles. The Kier molecular flexibility index (Phi) is 8.49. The number of carbonyl (C=O) groups excluding carboxylic acids is 6. The van der Waals surface area contributed by atoms with Gasteiger partial charge in [-0.25, -0.2) is 0 Å². The molecule has 6 amide bonds. The number of piperidine rings is 1. The molecule has 198 valence electrons. The van der Waals surface area contributed by atoms with E-state index in [9.17, 15) is 28.8 Å². The minimum Gasteiger partial charge on any atom is -0.375 e. The van der Waals surface area contributed by atoms with Gasteiger partial charge in [-0.1, -0.05) is 12.5 Å². The topological polar surface area (TPSA) is 148 Å². The summed E-state index contributed by atoms with van der Waals surface area (Å²) < 4.78 is 0. The van der Waals surface area contributed by atoms with E-state index in [0.29, 0.717) is 12.2 Å². The summed E-state index contributed by atoms with van der Waals surface area (Å²) in [6.07, 6.45) is 3.86. The highest BCUT2D eigenvalue weighted by Crippen LogP contribution is 2.32. The Hall–Kier alpha value is -3.80. The summed E-state index contributed by atoms with van der Waals surface area (Å²) in [4.78, 5) is 77.8. The van der Waals surface area contributed by atoms with Gasteiger partial charge >= 0.3 is 0 Å². The zero-order chi connectivity index (χ0) is 26.4. The van der Waals surface area contributed by atoms with E-state index in [0.717, 1.165) is 63.3 Å². The molecule has 12 nitrogen and oxygen atoms in total. The maximum absolute atomic E-state index is 13.1. The number of nitrogens with zero attached hydrogens (tertiary/aromatic N) is 3. The van der Waals surface area contributed by atoms with E-state index in [4.69, 9.17) is 0 Å². The van der Waals surface area contributed by atoms with E-state index in [2.05, 4.69) is 20.9 Å². The number of hydrogen-bond acceptors (Lipinski definition) is 8. The number of fused-ring (bicyclic) bond motifs is 1. The van der Waals surface area contributed by atoms with Crippen LogP contribution in [0.4, 0.5) is 5.69 Å². The van der Waals surface area contributed by atoms with Crippen LogP contribution in [0.2, 0.25) is 0 Å². The second kappa shape index (κ2) is 12.0. The molecule has 2 saturated heterocycles. The van der Waals surface area contributed by atoms with Crippen LogP contribution in [0.25, 0.3) is 0 Å². The molecule has 3 N–H and O–H groups in total. The van der Waals surface area contributed by atoms with Crippen LogP contribution < -0.4 is 16.0 Å². The zero-order valence-corrected chi connectivity index (χ0v) is 20.7. The quantitative estimate of drug-likeness (QED) is 0.205. The van der Waals surface area contributed by atoms with Crippen molar-refractivity contribution < 1.29 is 28.8 Å². The number of benzene rings is 1. The van der Waals surface area contributed by atoms with Gasteiger partial charge in [-0.3, -0.25) is 43.9 Å². The van der Waals surface area contributed by atoms with Crippen molar-refractivity contribution in [3.05, 3.63) is 29.3 Å². The highest BCUT2D eigenvalue weighted by Gasteiger charge is 2.45. The van der Waals surface area contributed by atoms with Crippen molar-refractivity contribution in [2.75, 3.05) is 51.1 Å². The van der Waals surface area contributed by atoms with Crippen molar-refractivity contribution >= 4 is 41.6 Å². The minimum absolute atomic E-state index is 0.0491. The second-order valence-corrected chi connectivity index (χ2v) is 9.42. The number of rotatable bonds is 11. The lowest BCUT2D eigenvalue weighted by Gasteiger charge is -2.32. The van der Waals surface area contributed by atoms with Gasteiger partial charge in [0.15, 0.2) is 0 Å². The SMILES string of the molecule is O=CN1CCN(CCCCCNC(=O)CNc2cccc3c2C(=O)N(C2CCC(=O)NC2=O)C3=O)CC1. The molecule has 0 saturated carbocycles. The summed E-state index contributed by atoms with van der Waals surface area (Å²) >= 11 is 0. The van der Waals surface area contributed by atoms with Crippen molar-refractivity contribution in [1.82, 2.24) is 25.3 Å². The number of unbranched alkanes of at least 4 members (excludes halogenated alkanes) is 2. The number of piperazine rings is 1. The maximum Gasteiger partial charge on any atom is 0.264 e. The number of imide groups is 2. The van der Waals surface area contributed by atoms with Gasteiger partial charge in [0.2, 0.25) is 24.1 Å². The molecule has 0 radical (unpaired) electrons. The van der Waals surface area contributed by atoms with Crippen molar-refractivity contribution in [2.24, 2.45) is 0 Å². The highest BCUT2D eigenvalue weighted by atomic mass is 16.2. The molecule has 0 aliphatic carbocycles. The molecule has 0 spiro atoms. The lowest BCUT2D eigenvalue weighted by molar-refractivity contribution is -0.136. The highest BCUT2D eigenvalue weighted by molar-refractivity contribution is 6.25. The van der Waals surface area contributed by atoms with Gasteiger partial charge in [0.25, 0.3) is 11.8 Å². The third-order valence-corrected chi connectivity index (χ3v) is 6.94. The van der Waals surface area contributed by atoms with Gasteiger partial charge in [0, 0.05) is 44.8 Å². The zero-order valence-electron chi connectivity index (χ0n) is 20.7. The molecule has 1 aromatic carbocycles. The summed E-state index contributed by atoms with van der Waals surface area (Å²) in [5.74, 6) is -2.54. The third kappa shape index (κ3) is 6.13. The van der Waals surface area contributed by atoms with Crippen LogP contribution >= 0.6 is 0 Å². The smallest absolute Gasteiger partial charge is 0.264 e. The maximum atomic E-state index is 13.1. The van der Waals surface area contributed by atoms with Crippen LogP contribution in [0, 0.1) is 0 Å². The first-order valence-corrected chi connectivity index (χ1v) is 12.7. The summed E-state index contributed by atoms with van der Waals surface area (Å²) in [5, 5.41) is 7.97. The average Bonchev–Trinajstić information content (AvgIpc) is 3.15. The summed E-state index contributed by atoms with van der Waals surface area (Å²) in [7, 11) is 0. The van der Waals surface area contributed by atoms with Crippen LogP contribution in [0.3, 0.4) is 0 Å². The van der Waals surface area contributed by atoms with Gasteiger partial charge in [0.1, 0.15) is 6.04 Å². The Labute approximate surface area is 214 Å². The first kappa shape index (κ1) is 26.3. The van der Waals surface area contributed by atoms with Gasteiger partial charge in [-0.2, -0.15) is 0 Å². The molecule has 0 bridgehead atoms. The second-order valence-electron chi connectivity index (χ2n) is 9.42. The van der Waals surface area contributed by atoms with Gasteiger partial charge in [0.05, 0.1) is 17.7 Å². The Morgan fingerprint density at radius 3 is 2.54 bits per heavy atom. The lowest BCUT2D eigenvalue weighted by Crippen LogP contribution is -2.54. The van der Waals surface area contributed by atoms with E-state index in [1.54, 1.807) is 17.0 Å². The molecule has 3 aliphatic rings. The Morgan fingerprint density at radius 2 is 1.81 bits per heavy atom. The predicted molar refractivity (Wildman–Crippen MR) is 133 cm³/mol. The van der Waals surface area contributed by atoms with E-state index in [-0.39, 0.29) is 36.4 Å². The van der Waals surface area contributed by atoms with Gasteiger partial charge in [-0.05, 0) is 37.9 Å². The Bertz CT molecular complexity index is 1080. The average molecular weight is 513 g/mol. The molecule has 37 heavy (non-hydrogen) atoms. The molecule has 1 atom stereocenters. The van der Waals surface area contributed by atoms with Crippen LogP contribution in [0.15, 0.2) is 18.2 Å². The first-order valence-electron chi connectivity index (χ1n) is 12.7.